The summed E-state index contributed by atoms with van der Waals surface area (Å²) in [5, 5.41) is 0. The van der Waals surface area contributed by atoms with Crippen LogP contribution in [0.1, 0.15) is 13.8 Å². The molecule has 0 heterocycles. The molecule has 1 atom stereocenters. The largest absolute Gasteiger partial charge is 0.436 e. The van der Waals surface area contributed by atoms with Gasteiger partial charge in [-0.05, 0) is 6.92 Å². The van der Waals surface area contributed by atoms with Gasteiger partial charge in [0.05, 0.1) is 6.61 Å². The second kappa shape index (κ2) is 4.99. The molecule has 0 aromatic carbocycles. The van der Waals surface area contributed by atoms with Gasteiger partial charge >= 0.3 is 5.97 Å². The third-order valence-electron chi connectivity index (χ3n) is 0.781. The Bertz CT molecular complexity index is 120. The summed E-state index contributed by atoms with van der Waals surface area (Å²) in [5.74, 6) is -0.337. The Hall–Kier alpha value is -0.830. The minimum atomic E-state index is -0.476. The Kier molecular flexibility index (Phi) is 4.58. The van der Waals surface area contributed by atoms with E-state index in [9.17, 15) is 4.79 Å². The molecule has 58 valence electrons. The van der Waals surface area contributed by atoms with Gasteiger partial charge in [-0.2, -0.15) is 0 Å². The van der Waals surface area contributed by atoms with Crippen LogP contribution in [0.25, 0.3) is 0 Å². The van der Waals surface area contributed by atoms with Crippen LogP contribution in [0.2, 0.25) is 0 Å². The Labute approximate surface area is 60.6 Å². The predicted molar refractivity (Wildman–Crippen MR) is 37.4 cm³/mol. The predicted octanol–water partition coefficient (Wildman–Crippen LogP) is 1.10. The first-order chi connectivity index (χ1) is 4.66. The highest BCUT2D eigenvalue weighted by Gasteiger charge is 2.02. The van der Waals surface area contributed by atoms with E-state index in [0.717, 1.165) is 0 Å². The van der Waals surface area contributed by atoms with Gasteiger partial charge in [-0.1, -0.05) is 6.08 Å². The molecule has 0 saturated carbocycles. The molecule has 0 aliphatic heterocycles. The van der Waals surface area contributed by atoms with Gasteiger partial charge in [-0.25, -0.2) is 0 Å². The molecular weight excluding hydrogens is 132 g/mol. The molecule has 0 aliphatic rings. The van der Waals surface area contributed by atoms with Gasteiger partial charge < -0.3 is 9.47 Å². The van der Waals surface area contributed by atoms with Crippen LogP contribution in [-0.2, 0) is 14.3 Å². The van der Waals surface area contributed by atoms with E-state index in [1.807, 2.05) is 0 Å². The topological polar surface area (TPSA) is 35.5 Å². The zero-order valence-electron chi connectivity index (χ0n) is 6.29. The van der Waals surface area contributed by atoms with Crippen molar-refractivity contribution in [1.82, 2.24) is 0 Å². The van der Waals surface area contributed by atoms with Crippen molar-refractivity contribution in [2.45, 2.75) is 20.1 Å². The Balaban J connectivity index is 3.33. The average Bonchev–Trinajstić information content (AvgIpc) is 1.82. The van der Waals surface area contributed by atoms with Gasteiger partial charge in [-0.15, -0.1) is 6.58 Å². The van der Waals surface area contributed by atoms with Crippen LogP contribution >= 0.6 is 0 Å². The standard InChI is InChI=1S/C7H12O3/c1-4-5-9-7(3)10-6(2)8/h4,7H,1,5H2,2-3H3. The second-order valence-electron chi connectivity index (χ2n) is 1.80. The molecule has 1 unspecified atom stereocenters. The summed E-state index contributed by atoms with van der Waals surface area (Å²) in [5.41, 5.74) is 0. The van der Waals surface area contributed by atoms with E-state index in [2.05, 4.69) is 11.3 Å². The van der Waals surface area contributed by atoms with E-state index in [4.69, 9.17) is 4.74 Å². The number of ether oxygens (including phenoxy) is 2. The Morgan fingerprint density at radius 3 is 2.80 bits per heavy atom. The fourth-order valence-electron chi connectivity index (χ4n) is 0.471. The van der Waals surface area contributed by atoms with Crippen molar-refractivity contribution in [3.63, 3.8) is 0 Å². The maximum absolute atomic E-state index is 10.3. The van der Waals surface area contributed by atoms with E-state index in [1.165, 1.54) is 6.92 Å². The van der Waals surface area contributed by atoms with Crippen molar-refractivity contribution in [3.05, 3.63) is 12.7 Å². The van der Waals surface area contributed by atoms with Gasteiger partial charge in [0.2, 0.25) is 0 Å². The van der Waals surface area contributed by atoms with Crippen LogP contribution in [0.5, 0.6) is 0 Å². The summed E-state index contributed by atoms with van der Waals surface area (Å²) in [6, 6.07) is 0. The highest BCUT2D eigenvalue weighted by Crippen LogP contribution is 1.92. The number of hydrogen-bond donors (Lipinski definition) is 0. The summed E-state index contributed by atoms with van der Waals surface area (Å²) in [6.45, 7) is 6.84. The van der Waals surface area contributed by atoms with Gasteiger partial charge in [0, 0.05) is 6.92 Å². The minimum Gasteiger partial charge on any atom is -0.436 e. The highest BCUT2D eigenvalue weighted by molar-refractivity contribution is 5.65. The molecule has 0 N–H and O–H groups in total. The molecule has 3 heteroatoms. The highest BCUT2D eigenvalue weighted by atomic mass is 16.7. The van der Waals surface area contributed by atoms with Gasteiger partial charge in [-0.3, -0.25) is 4.79 Å². The third-order valence-corrected chi connectivity index (χ3v) is 0.781. The van der Waals surface area contributed by atoms with E-state index < -0.39 is 6.29 Å². The molecule has 0 aliphatic carbocycles. The lowest BCUT2D eigenvalue weighted by atomic mass is 10.6. The molecule has 0 aromatic heterocycles. The maximum Gasteiger partial charge on any atom is 0.304 e. The van der Waals surface area contributed by atoms with Crippen LogP contribution in [-0.4, -0.2) is 18.9 Å². The normalized spacial score (nSPS) is 12.2. The van der Waals surface area contributed by atoms with Gasteiger partial charge in [0.1, 0.15) is 0 Å². The monoisotopic (exact) mass is 144 g/mol. The first-order valence-electron chi connectivity index (χ1n) is 3.06. The van der Waals surface area contributed by atoms with Crippen molar-refractivity contribution < 1.29 is 14.3 Å². The molecular formula is C7H12O3. The fraction of sp³-hybridized carbons (Fsp3) is 0.571. The SMILES string of the molecule is C=CCOC(C)OC(C)=O. The number of rotatable bonds is 4. The van der Waals surface area contributed by atoms with Crippen molar-refractivity contribution in [3.8, 4) is 0 Å². The summed E-state index contributed by atoms with van der Waals surface area (Å²) in [4.78, 5) is 10.3. The Morgan fingerprint density at radius 2 is 2.40 bits per heavy atom. The maximum atomic E-state index is 10.3. The Morgan fingerprint density at radius 1 is 1.80 bits per heavy atom. The molecule has 0 fully saturated rings. The van der Waals surface area contributed by atoms with E-state index in [0.29, 0.717) is 6.61 Å². The smallest absolute Gasteiger partial charge is 0.304 e. The average molecular weight is 144 g/mol. The molecule has 0 spiro atoms. The molecule has 0 amide bonds. The first kappa shape index (κ1) is 9.17. The van der Waals surface area contributed by atoms with Crippen LogP contribution < -0.4 is 0 Å². The third kappa shape index (κ3) is 5.31. The second-order valence-corrected chi connectivity index (χ2v) is 1.80. The van der Waals surface area contributed by atoms with Crippen LogP contribution in [0, 0.1) is 0 Å². The molecule has 10 heavy (non-hydrogen) atoms. The lowest BCUT2D eigenvalue weighted by Crippen LogP contribution is -2.15. The van der Waals surface area contributed by atoms with E-state index in [-0.39, 0.29) is 5.97 Å². The van der Waals surface area contributed by atoms with Crippen molar-refractivity contribution in [2.75, 3.05) is 6.61 Å². The van der Waals surface area contributed by atoms with Crippen LogP contribution in [0.15, 0.2) is 12.7 Å². The quantitative estimate of drug-likeness (QED) is 0.336. The minimum absolute atomic E-state index is 0.337. The summed E-state index contributed by atoms with van der Waals surface area (Å²) >= 11 is 0. The summed E-state index contributed by atoms with van der Waals surface area (Å²) in [6.07, 6.45) is 1.12. The molecule has 0 rings (SSSR count). The lowest BCUT2D eigenvalue weighted by molar-refractivity contribution is -0.169. The fourth-order valence-corrected chi connectivity index (χ4v) is 0.471. The molecule has 0 aromatic rings. The zero-order valence-corrected chi connectivity index (χ0v) is 6.29. The van der Waals surface area contributed by atoms with Gasteiger partial charge in [0.25, 0.3) is 0 Å². The van der Waals surface area contributed by atoms with Crippen molar-refractivity contribution in [1.29, 1.82) is 0 Å². The van der Waals surface area contributed by atoms with Crippen molar-refractivity contribution >= 4 is 5.97 Å². The van der Waals surface area contributed by atoms with Crippen LogP contribution in [0.3, 0.4) is 0 Å². The molecule has 3 nitrogen and oxygen atoms in total. The van der Waals surface area contributed by atoms with E-state index in [1.54, 1.807) is 13.0 Å². The number of esters is 1. The molecule has 0 bridgehead atoms. The van der Waals surface area contributed by atoms with E-state index >= 15 is 0 Å². The van der Waals surface area contributed by atoms with Gasteiger partial charge in [0.15, 0.2) is 6.29 Å². The molecule has 0 radical (unpaired) electrons. The zero-order chi connectivity index (χ0) is 7.98. The molecule has 0 saturated heterocycles. The summed E-state index contributed by atoms with van der Waals surface area (Å²) < 4.78 is 9.58. The van der Waals surface area contributed by atoms with Crippen LogP contribution in [0.4, 0.5) is 0 Å². The van der Waals surface area contributed by atoms with Crippen molar-refractivity contribution in [2.24, 2.45) is 0 Å². The number of hydrogen-bond acceptors (Lipinski definition) is 3. The lowest BCUT2D eigenvalue weighted by Gasteiger charge is -2.10. The number of carbonyl (C=O) groups excluding carboxylic acids is 1. The number of carbonyl (C=O) groups is 1. The summed E-state index contributed by atoms with van der Waals surface area (Å²) in [7, 11) is 0. The first-order valence-corrected chi connectivity index (χ1v) is 3.06.